The monoisotopic (exact) mass is 457 g/mol. The van der Waals surface area contributed by atoms with Crippen molar-refractivity contribution in [1.29, 1.82) is 0 Å². The summed E-state index contributed by atoms with van der Waals surface area (Å²) in [6, 6.07) is 9.68. The van der Waals surface area contributed by atoms with Crippen LogP contribution in [-0.2, 0) is 14.3 Å². The third kappa shape index (κ3) is 3.32. The van der Waals surface area contributed by atoms with Crippen molar-refractivity contribution in [3.63, 3.8) is 0 Å². The maximum absolute atomic E-state index is 11.1. The van der Waals surface area contributed by atoms with Crippen molar-refractivity contribution in [2.45, 2.75) is 36.8 Å². The van der Waals surface area contributed by atoms with E-state index in [1.807, 2.05) is 24.3 Å². The largest absolute Gasteiger partial charge is 0.481 e. The number of aromatic amines is 1. The molecule has 1 aromatic carbocycles. The van der Waals surface area contributed by atoms with Crippen LogP contribution in [-0.4, -0.2) is 68.8 Å². The van der Waals surface area contributed by atoms with E-state index in [0.717, 1.165) is 11.1 Å². The molecule has 2 aromatic heterocycles. The van der Waals surface area contributed by atoms with Gasteiger partial charge in [-0.1, -0.05) is 35.9 Å². The number of pyridine rings is 1. The smallest absolute Gasteiger partial charge is 0.307 e. The molecule has 6 atom stereocenters. The number of carboxylic acid groups (broad SMARTS) is 1. The first-order valence-electron chi connectivity index (χ1n) is 10.5. The van der Waals surface area contributed by atoms with E-state index in [1.165, 1.54) is 0 Å². The fourth-order valence-electron chi connectivity index (χ4n) is 4.57. The van der Waals surface area contributed by atoms with Crippen LogP contribution in [0.2, 0.25) is 5.02 Å². The average molecular weight is 458 g/mol. The second kappa shape index (κ2) is 7.41. The Morgan fingerprint density at radius 1 is 1.16 bits per heavy atom. The number of aliphatic hydroxyl groups is 1. The molecule has 166 valence electrons. The van der Waals surface area contributed by atoms with Crippen LogP contribution in [0.4, 0.5) is 0 Å². The number of ether oxygens (including phenoxy) is 3. The number of carbonyl (C=O) groups is 1. The molecular weight excluding hydrogens is 438 g/mol. The van der Waals surface area contributed by atoms with E-state index in [4.69, 9.17) is 30.9 Å². The lowest BCUT2D eigenvalue weighted by molar-refractivity contribution is -0.138. The number of imidazole rings is 1. The number of hydrogen-bond acceptors (Lipinski definition) is 7. The number of halogens is 1. The molecule has 3 aromatic rings. The number of carboxylic acids is 1. The Kier molecular flexibility index (Phi) is 4.62. The summed E-state index contributed by atoms with van der Waals surface area (Å²) in [5.41, 5.74) is 3.50. The standard InChI is InChI=1S/C22H20ClN3O6/c23-13-6-14-20(26-22(24-14)32-16-8-31-18-15(27)7-30-19(16)18)25-17(13)10-3-1-9(2-4-10)11-5-12(11)21(28)29/h1-4,6,11-12,15-16,18-19,27H,5,7-8H2,(H,28,29)(H,24,25,26)/t11-,12+,15+,16+,18+,19+/m0/s1. The molecule has 0 bridgehead atoms. The van der Waals surface area contributed by atoms with Gasteiger partial charge in [-0.2, -0.15) is 4.98 Å². The Morgan fingerprint density at radius 3 is 2.69 bits per heavy atom. The van der Waals surface area contributed by atoms with Crippen molar-refractivity contribution in [3.05, 3.63) is 40.9 Å². The fraction of sp³-hybridized carbons (Fsp3) is 0.409. The molecule has 32 heavy (non-hydrogen) atoms. The number of H-pyrrole nitrogens is 1. The Labute approximate surface area is 187 Å². The van der Waals surface area contributed by atoms with Crippen LogP contribution in [0.5, 0.6) is 6.01 Å². The van der Waals surface area contributed by atoms with Gasteiger partial charge >= 0.3 is 5.97 Å². The highest BCUT2D eigenvalue weighted by molar-refractivity contribution is 6.33. The summed E-state index contributed by atoms with van der Waals surface area (Å²) in [6.07, 6.45) is -1.07. The number of fused-ring (bicyclic) bond motifs is 2. The van der Waals surface area contributed by atoms with Crippen molar-refractivity contribution in [2.24, 2.45) is 5.92 Å². The third-order valence-electron chi connectivity index (χ3n) is 6.37. The van der Waals surface area contributed by atoms with E-state index in [9.17, 15) is 9.90 Å². The van der Waals surface area contributed by atoms with Gasteiger partial charge in [0.2, 0.25) is 0 Å². The highest BCUT2D eigenvalue weighted by atomic mass is 35.5. The molecule has 3 N–H and O–H groups in total. The molecule has 0 spiro atoms. The molecule has 3 aliphatic rings. The normalized spacial score (nSPS) is 31.1. The summed E-state index contributed by atoms with van der Waals surface area (Å²) < 4.78 is 17.1. The highest BCUT2D eigenvalue weighted by Crippen LogP contribution is 2.47. The number of aliphatic hydroxyl groups excluding tert-OH is 1. The lowest BCUT2D eigenvalue weighted by Crippen LogP contribution is -2.34. The van der Waals surface area contributed by atoms with Gasteiger partial charge in [-0.25, -0.2) is 4.98 Å². The molecular formula is C22H20ClN3O6. The van der Waals surface area contributed by atoms with Crippen molar-refractivity contribution in [3.8, 4) is 17.3 Å². The summed E-state index contributed by atoms with van der Waals surface area (Å²) in [5, 5.41) is 19.5. The minimum absolute atomic E-state index is 0.0719. The van der Waals surface area contributed by atoms with Crippen molar-refractivity contribution in [1.82, 2.24) is 15.0 Å². The van der Waals surface area contributed by atoms with Gasteiger partial charge in [-0.05, 0) is 24.0 Å². The van der Waals surface area contributed by atoms with Crippen molar-refractivity contribution >= 4 is 28.7 Å². The number of benzene rings is 1. The second-order valence-corrected chi connectivity index (χ2v) is 8.87. The Hall–Kier alpha value is -2.72. The van der Waals surface area contributed by atoms with Gasteiger partial charge in [0.15, 0.2) is 11.8 Å². The number of rotatable bonds is 5. The summed E-state index contributed by atoms with van der Waals surface area (Å²) >= 11 is 6.49. The number of aliphatic carboxylic acids is 1. The van der Waals surface area contributed by atoms with Crippen LogP contribution >= 0.6 is 11.6 Å². The van der Waals surface area contributed by atoms with Crippen LogP contribution in [0.1, 0.15) is 17.9 Å². The molecule has 1 saturated carbocycles. The van der Waals surface area contributed by atoms with Gasteiger partial charge < -0.3 is 29.4 Å². The average Bonchev–Trinajstić information content (AvgIpc) is 3.15. The molecule has 10 heteroatoms. The van der Waals surface area contributed by atoms with E-state index in [0.29, 0.717) is 34.9 Å². The van der Waals surface area contributed by atoms with Crippen LogP contribution in [0.3, 0.4) is 0 Å². The van der Waals surface area contributed by atoms with Crippen LogP contribution < -0.4 is 4.74 Å². The van der Waals surface area contributed by atoms with E-state index in [1.54, 1.807) is 6.07 Å². The molecule has 3 fully saturated rings. The minimum atomic E-state index is -0.749. The van der Waals surface area contributed by atoms with E-state index >= 15 is 0 Å². The molecule has 2 aliphatic heterocycles. The SMILES string of the molecule is O=C(O)[C@@H]1C[C@H]1c1ccc(-c2nc3nc(O[C@@H]4CO[C@H]5[C@@H]4OC[C@H]5O)[nH]c3cc2Cl)cc1. The summed E-state index contributed by atoms with van der Waals surface area (Å²) in [5.74, 6) is -0.969. The van der Waals surface area contributed by atoms with E-state index < -0.39 is 12.1 Å². The predicted octanol–water partition coefficient (Wildman–Crippen LogP) is 2.37. The zero-order chi connectivity index (χ0) is 22.0. The van der Waals surface area contributed by atoms with E-state index in [-0.39, 0.29) is 42.8 Å². The van der Waals surface area contributed by atoms with Crippen molar-refractivity contribution in [2.75, 3.05) is 13.2 Å². The molecule has 4 heterocycles. The zero-order valence-corrected chi connectivity index (χ0v) is 17.5. The zero-order valence-electron chi connectivity index (χ0n) is 16.8. The minimum Gasteiger partial charge on any atom is -0.481 e. The highest BCUT2D eigenvalue weighted by Gasteiger charge is 2.48. The van der Waals surface area contributed by atoms with E-state index in [2.05, 4.69) is 15.0 Å². The van der Waals surface area contributed by atoms with Gasteiger partial charge in [0.1, 0.15) is 18.3 Å². The topological polar surface area (TPSA) is 127 Å². The molecule has 6 rings (SSSR count). The summed E-state index contributed by atoms with van der Waals surface area (Å²) in [4.78, 5) is 23.2. The Morgan fingerprint density at radius 2 is 1.94 bits per heavy atom. The van der Waals surface area contributed by atoms with Crippen LogP contribution in [0.25, 0.3) is 22.4 Å². The number of nitrogens with zero attached hydrogens (tertiary/aromatic N) is 2. The van der Waals surface area contributed by atoms with Crippen LogP contribution in [0.15, 0.2) is 30.3 Å². The van der Waals surface area contributed by atoms with Crippen LogP contribution in [0, 0.1) is 5.92 Å². The summed E-state index contributed by atoms with van der Waals surface area (Å²) in [6.45, 7) is 0.533. The molecule has 2 saturated heterocycles. The van der Waals surface area contributed by atoms with Gasteiger partial charge in [0.25, 0.3) is 6.01 Å². The lowest BCUT2D eigenvalue weighted by Gasteiger charge is -2.15. The third-order valence-corrected chi connectivity index (χ3v) is 6.66. The second-order valence-electron chi connectivity index (χ2n) is 8.46. The van der Waals surface area contributed by atoms with Gasteiger partial charge in [-0.15, -0.1) is 0 Å². The first-order chi connectivity index (χ1) is 15.5. The fourth-order valence-corrected chi connectivity index (χ4v) is 4.83. The molecule has 9 nitrogen and oxygen atoms in total. The Bertz CT molecular complexity index is 1200. The quantitative estimate of drug-likeness (QED) is 0.533. The van der Waals surface area contributed by atoms with Gasteiger partial charge in [0, 0.05) is 5.56 Å². The number of nitrogens with one attached hydrogen (secondary N) is 1. The maximum Gasteiger partial charge on any atom is 0.307 e. The van der Waals surface area contributed by atoms with Crippen molar-refractivity contribution < 1.29 is 29.2 Å². The number of aromatic nitrogens is 3. The maximum atomic E-state index is 11.1. The first-order valence-corrected chi connectivity index (χ1v) is 10.8. The summed E-state index contributed by atoms with van der Waals surface area (Å²) in [7, 11) is 0. The number of hydrogen-bond donors (Lipinski definition) is 3. The Balaban J connectivity index is 1.23. The van der Waals surface area contributed by atoms with Gasteiger partial charge in [0.05, 0.1) is 35.4 Å². The lowest BCUT2D eigenvalue weighted by atomic mass is 10.0. The molecule has 0 amide bonds. The predicted molar refractivity (Wildman–Crippen MR) is 113 cm³/mol. The molecule has 1 aliphatic carbocycles. The van der Waals surface area contributed by atoms with Gasteiger partial charge in [-0.3, -0.25) is 4.79 Å². The molecule has 0 radical (unpaired) electrons. The molecule has 0 unspecified atom stereocenters. The first kappa shape index (κ1) is 19.9.